The second-order valence-electron chi connectivity index (χ2n) is 15.3. The minimum atomic E-state index is -3.00. The number of rotatable bonds is 7. The SMILES string of the molecule is C[C@H]1[C@H]([Si](C)(C)O)[C@@H](CC(=O)N2Cc3ccccc3C[C@H]2CO)O[C@]12C(=O)N(Cc1ccc(N3CCCCCCC3=O)cc1)c1ccc(Br)cc12. The van der Waals surface area contributed by atoms with Gasteiger partial charge in [-0.1, -0.05) is 72.1 Å². The number of carbonyl (C=O) groups is 3. The highest BCUT2D eigenvalue weighted by Crippen LogP contribution is 2.60. The minimum Gasteiger partial charge on any atom is -0.432 e. The monoisotopic (exact) mass is 773 g/mol. The summed E-state index contributed by atoms with van der Waals surface area (Å²) in [5.41, 5.74) is 3.67. The molecule has 7 rings (SSSR count). The Bertz CT molecular complexity index is 1810. The summed E-state index contributed by atoms with van der Waals surface area (Å²) in [4.78, 5) is 59.1. The van der Waals surface area contributed by atoms with Crippen LogP contribution < -0.4 is 9.80 Å². The Labute approximate surface area is 309 Å². The van der Waals surface area contributed by atoms with Gasteiger partial charge in [0.1, 0.15) is 0 Å². The van der Waals surface area contributed by atoms with E-state index in [1.807, 2.05) is 91.6 Å². The molecule has 0 radical (unpaired) electrons. The highest BCUT2D eigenvalue weighted by molar-refractivity contribution is 9.10. The zero-order chi connectivity index (χ0) is 36.1. The second kappa shape index (κ2) is 14.2. The van der Waals surface area contributed by atoms with E-state index in [9.17, 15) is 24.3 Å². The van der Waals surface area contributed by atoms with Crippen LogP contribution in [0.5, 0.6) is 0 Å². The van der Waals surface area contributed by atoms with Crippen LogP contribution >= 0.6 is 15.9 Å². The smallest absolute Gasteiger partial charge is 0.264 e. The van der Waals surface area contributed by atoms with E-state index in [1.165, 1.54) is 0 Å². The molecule has 0 saturated carbocycles. The molecule has 0 aromatic heterocycles. The van der Waals surface area contributed by atoms with Gasteiger partial charge < -0.3 is 29.3 Å². The number of hydrogen-bond donors (Lipinski definition) is 2. The number of aliphatic hydroxyl groups excluding tert-OH is 1. The molecule has 270 valence electrons. The van der Waals surface area contributed by atoms with Crippen LogP contribution in [0, 0.1) is 5.92 Å². The molecular weight excluding hydrogens is 726 g/mol. The number of nitrogens with zero attached hydrogens (tertiary/aromatic N) is 3. The maximum atomic E-state index is 14.9. The van der Waals surface area contributed by atoms with Gasteiger partial charge in [0.15, 0.2) is 13.9 Å². The molecule has 2 fully saturated rings. The average molecular weight is 775 g/mol. The maximum absolute atomic E-state index is 14.9. The summed E-state index contributed by atoms with van der Waals surface area (Å²) < 4.78 is 7.77. The van der Waals surface area contributed by atoms with E-state index in [4.69, 9.17) is 4.74 Å². The van der Waals surface area contributed by atoms with Crippen molar-refractivity contribution in [1.82, 2.24) is 4.90 Å². The number of halogens is 1. The molecule has 9 nitrogen and oxygen atoms in total. The van der Waals surface area contributed by atoms with Crippen molar-refractivity contribution < 1.29 is 29.0 Å². The van der Waals surface area contributed by atoms with E-state index in [0.717, 1.165) is 63.8 Å². The molecule has 4 aliphatic heterocycles. The van der Waals surface area contributed by atoms with Gasteiger partial charge in [-0.2, -0.15) is 0 Å². The molecular formula is C40H48BrN3O6Si. The van der Waals surface area contributed by atoms with E-state index >= 15 is 0 Å². The zero-order valence-corrected chi connectivity index (χ0v) is 32.3. The van der Waals surface area contributed by atoms with Gasteiger partial charge in [0.05, 0.1) is 37.4 Å². The van der Waals surface area contributed by atoms with Gasteiger partial charge in [-0.3, -0.25) is 14.4 Å². The number of ether oxygens (including phenoxy) is 1. The van der Waals surface area contributed by atoms with Crippen molar-refractivity contribution in [2.75, 3.05) is 23.0 Å². The highest BCUT2D eigenvalue weighted by Gasteiger charge is 2.66. The fourth-order valence-corrected chi connectivity index (χ4v) is 12.0. The van der Waals surface area contributed by atoms with Crippen molar-refractivity contribution in [1.29, 1.82) is 0 Å². The first-order chi connectivity index (χ1) is 24.4. The molecule has 51 heavy (non-hydrogen) atoms. The molecule has 5 atom stereocenters. The van der Waals surface area contributed by atoms with Crippen LogP contribution in [0.4, 0.5) is 11.4 Å². The quantitative estimate of drug-likeness (QED) is 0.268. The lowest BCUT2D eigenvalue weighted by Crippen LogP contribution is -2.48. The van der Waals surface area contributed by atoms with E-state index in [-0.39, 0.29) is 36.8 Å². The molecule has 2 N–H and O–H groups in total. The summed E-state index contributed by atoms with van der Waals surface area (Å²) in [5, 5.41) is 10.3. The van der Waals surface area contributed by atoms with Crippen molar-refractivity contribution in [2.45, 2.75) is 101 Å². The third-order valence-corrected chi connectivity index (χ3v) is 14.6. The minimum absolute atomic E-state index is 0.000285. The van der Waals surface area contributed by atoms with E-state index in [1.54, 1.807) is 9.80 Å². The normalized spacial score (nSPS) is 26.7. The molecule has 4 heterocycles. The standard InChI is InChI=1S/C40H48BrN3O6Si/c1-26-38(51(2,3)49)35(22-37(47)43-24-29-11-8-7-10-28(29)20-32(43)25-45)50-40(26)33-21-30(41)15-18-34(33)44(39(40)48)23-27-13-16-31(17-14-27)42-19-9-5-4-6-12-36(42)46/h7-8,10-11,13-18,21,26,32,35,38,45,49H,4-6,9,12,19-20,22-25H2,1-3H3/t26-,32-,35+,38-,40+/m0/s1. The molecule has 0 aliphatic carbocycles. The Morgan fingerprint density at radius 3 is 2.45 bits per heavy atom. The third-order valence-electron chi connectivity index (χ3n) is 11.6. The second-order valence-corrected chi connectivity index (χ2v) is 20.2. The van der Waals surface area contributed by atoms with Gasteiger partial charge in [-0.25, -0.2) is 0 Å². The van der Waals surface area contributed by atoms with Crippen LogP contribution in [-0.4, -0.2) is 66.1 Å². The lowest BCUT2D eigenvalue weighted by Gasteiger charge is -2.37. The fourth-order valence-electron chi connectivity index (χ4n) is 9.13. The molecule has 11 heteroatoms. The van der Waals surface area contributed by atoms with E-state index in [2.05, 4.69) is 15.9 Å². The predicted molar refractivity (Wildman–Crippen MR) is 203 cm³/mol. The maximum Gasteiger partial charge on any atom is 0.264 e. The van der Waals surface area contributed by atoms with Gasteiger partial charge >= 0.3 is 0 Å². The predicted octanol–water partition coefficient (Wildman–Crippen LogP) is 6.43. The van der Waals surface area contributed by atoms with E-state index < -0.39 is 31.5 Å². The topological polar surface area (TPSA) is 111 Å². The number of fused-ring (bicyclic) bond motifs is 3. The van der Waals surface area contributed by atoms with Gasteiger partial charge in [0, 0.05) is 46.7 Å². The van der Waals surface area contributed by atoms with Gasteiger partial charge in [0.2, 0.25) is 11.8 Å². The van der Waals surface area contributed by atoms with Crippen molar-refractivity contribution in [3.63, 3.8) is 0 Å². The van der Waals surface area contributed by atoms with Crippen molar-refractivity contribution >= 4 is 53.3 Å². The Morgan fingerprint density at radius 2 is 1.73 bits per heavy atom. The molecule has 0 bridgehead atoms. The van der Waals surface area contributed by atoms with Gasteiger partial charge in [-0.05, 0) is 79.4 Å². The average Bonchev–Trinajstić information content (AvgIpc) is 3.52. The van der Waals surface area contributed by atoms with Crippen LogP contribution in [0.2, 0.25) is 18.6 Å². The zero-order valence-electron chi connectivity index (χ0n) is 29.7. The lowest BCUT2D eigenvalue weighted by molar-refractivity contribution is -0.151. The molecule has 4 aliphatic rings. The van der Waals surface area contributed by atoms with Crippen LogP contribution in [0.15, 0.2) is 71.2 Å². The first-order valence-electron chi connectivity index (χ1n) is 18.3. The Balaban J connectivity index is 1.17. The summed E-state index contributed by atoms with van der Waals surface area (Å²) in [5.74, 6) is -0.620. The van der Waals surface area contributed by atoms with Crippen LogP contribution in [0.25, 0.3) is 0 Å². The van der Waals surface area contributed by atoms with Crippen molar-refractivity contribution in [3.8, 4) is 0 Å². The number of anilines is 2. The summed E-state index contributed by atoms with van der Waals surface area (Å²) in [6.07, 6.45) is 4.56. The van der Waals surface area contributed by atoms with Gasteiger partial charge in [-0.15, -0.1) is 0 Å². The number of amides is 3. The third kappa shape index (κ3) is 6.61. The summed E-state index contributed by atoms with van der Waals surface area (Å²) in [6.45, 7) is 6.96. The molecule has 2 saturated heterocycles. The number of hydrogen-bond acceptors (Lipinski definition) is 6. The summed E-state index contributed by atoms with van der Waals surface area (Å²) >= 11 is 3.63. The van der Waals surface area contributed by atoms with E-state index in [0.29, 0.717) is 32.5 Å². The first-order valence-corrected chi connectivity index (χ1v) is 22.1. The Morgan fingerprint density at radius 1 is 1.00 bits per heavy atom. The first kappa shape index (κ1) is 36.0. The van der Waals surface area contributed by atoms with Crippen molar-refractivity contribution in [3.05, 3.63) is 93.5 Å². The molecule has 0 unspecified atom stereocenters. The highest BCUT2D eigenvalue weighted by atomic mass is 79.9. The fraction of sp³-hybridized carbons (Fsp3) is 0.475. The molecule has 1 spiro atoms. The molecule has 3 amide bonds. The van der Waals surface area contributed by atoms with Crippen LogP contribution in [-0.2, 0) is 44.2 Å². The van der Waals surface area contributed by atoms with Crippen LogP contribution in [0.1, 0.15) is 67.7 Å². The number of benzene rings is 3. The summed E-state index contributed by atoms with van der Waals surface area (Å²) in [7, 11) is -3.00. The van der Waals surface area contributed by atoms with Gasteiger partial charge in [0.25, 0.3) is 5.91 Å². The van der Waals surface area contributed by atoms with Crippen molar-refractivity contribution in [2.24, 2.45) is 5.92 Å². The molecule has 3 aromatic rings. The summed E-state index contributed by atoms with van der Waals surface area (Å²) in [6, 6.07) is 21.3. The van der Waals surface area contributed by atoms with Crippen LogP contribution in [0.3, 0.4) is 0 Å². The largest absolute Gasteiger partial charge is 0.432 e. The Kier molecular flexibility index (Phi) is 10.1. The number of aliphatic hydroxyl groups is 1. The Hall–Kier alpha value is -3.35. The number of carbonyl (C=O) groups excluding carboxylic acids is 3. The molecule has 3 aromatic carbocycles. The lowest BCUT2D eigenvalue weighted by atomic mass is 9.82.